The van der Waals surface area contributed by atoms with Crippen molar-refractivity contribution in [3.8, 4) is 0 Å². The second-order valence-corrected chi connectivity index (χ2v) is 8.77. The summed E-state index contributed by atoms with van der Waals surface area (Å²) in [5.74, 6) is -2.37. The van der Waals surface area contributed by atoms with Gasteiger partial charge in [-0.1, -0.05) is 6.07 Å². The minimum Gasteiger partial charge on any atom is -0.475 e. The van der Waals surface area contributed by atoms with Crippen molar-refractivity contribution in [2.45, 2.75) is 25.4 Å². The zero-order valence-electron chi connectivity index (χ0n) is 18.5. The Morgan fingerprint density at radius 1 is 1.15 bits per heavy atom. The Hall–Kier alpha value is -3.35. The highest BCUT2D eigenvalue weighted by Gasteiger charge is 2.40. The van der Waals surface area contributed by atoms with E-state index >= 15 is 0 Å². The summed E-state index contributed by atoms with van der Waals surface area (Å²) in [6.07, 6.45) is -2.37. The number of nitrogens with one attached hydrogen (secondary N) is 2. The van der Waals surface area contributed by atoms with Crippen molar-refractivity contribution >= 4 is 40.3 Å². The van der Waals surface area contributed by atoms with Crippen LogP contribution in [-0.4, -0.2) is 71.7 Å². The number of amides is 3. The molecule has 1 spiro atoms. The Balaban J connectivity index is 0.000000344. The molecule has 3 fully saturated rings. The van der Waals surface area contributed by atoms with Gasteiger partial charge in [0.2, 0.25) is 5.91 Å². The Morgan fingerprint density at radius 2 is 1.79 bits per heavy atom. The number of urea groups is 1. The number of imide groups is 1. The number of piperidine rings is 1. The number of hydrogen-bond acceptors (Lipinski definition) is 6. The first-order valence-electron chi connectivity index (χ1n) is 10.8. The largest absolute Gasteiger partial charge is 0.490 e. The number of nitrogens with zero attached hydrogens (tertiary/aromatic N) is 4. The summed E-state index contributed by atoms with van der Waals surface area (Å²) in [4.78, 5) is 36.7. The first-order valence-corrected chi connectivity index (χ1v) is 10.8. The van der Waals surface area contributed by atoms with Crippen molar-refractivity contribution < 1.29 is 32.7 Å². The van der Waals surface area contributed by atoms with Gasteiger partial charge in [-0.25, -0.2) is 9.59 Å². The van der Waals surface area contributed by atoms with Crippen LogP contribution in [0.15, 0.2) is 18.2 Å². The van der Waals surface area contributed by atoms with Gasteiger partial charge in [0.15, 0.2) is 5.82 Å². The Morgan fingerprint density at radius 3 is 2.32 bits per heavy atom. The summed E-state index contributed by atoms with van der Waals surface area (Å²) in [5, 5.41) is 18.5. The van der Waals surface area contributed by atoms with Crippen LogP contribution in [0.3, 0.4) is 0 Å². The lowest BCUT2D eigenvalue weighted by Crippen LogP contribution is -2.58. The highest BCUT2D eigenvalue weighted by Crippen LogP contribution is 2.39. The minimum atomic E-state index is -5.08. The SMILES string of the molecule is Cn1nc(N2CCC(=O)NC2=O)c2cccc(N3CCC4(CC3)CNC4)c21.O=C(O)C(F)(F)F. The van der Waals surface area contributed by atoms with Crippen LogP contribution >= 0.6 is 0 Å². The van der Waals surface area contributed by atoms with Gasteiger partial charge in [-0.15, -0.1) is 0 Å². The molecule has 4 heterocycles. The molecule has 3 amide bonds. The van der Waals surface area contributed by atoms with E-state index in [2.05, 4.69) is 26.7 Å². The highest BCUT2D eigenvalue weighted by atomic mass is 19.4. The number of rotatable bonds is 2. The highest BCUT2D eigenvalue weighted by molar-refractivity contribution is 6.10. The molecule has 3 saturated heterocycles. The molecule has 10 nitrogen and oxygen atoms in total. The topological polar surface area (TPSA) is 120 Å². The number of benzene rings is 1. The van der Waals surface area contributed by atoms with Crippen molar-refractivity contribution in [2.75, 3.05) is 42.5 Å². The quantitative estimate of drug-likeness (QED) is 0.598. The number of carbonyl (C=O) groups excluding carboxylic acids is 2. The number of carboxylic acid groups (broad SMARTS) is 1. The number of aromatic nitrogens is 2. The smallest absolute Gasteiger partial charge is 0.475 e. The summed E-state index contributed by atoms with van der Waals surface area (Å²) in [7, 11) is 1.92. The molecule has 0 radical (unpaired) electrons. The molecular formula is C21H25F3N6O4. The number of fused-ring (bicyclic) bond motifs is 1. The van der Waals surface area contributed by atoms with Gasteiger partial charge in [0, 0.05) is 51.6 Å². The molecule has 34 heavy (non-hydrogen) atoms. The van der Waals surface area contributed by atoms with Gasteiger partial charge in [-0.3, -0.25) is 19.7 Å². The van der Waals surface area contributed by atoms with Crippen LogP contribution in [0.5, 0.6) is 0 Å². The number of hydrogen-bond donors (Lipinski definition) is 3. The molecule has 3 aliphatic heterocycles. The van der Waals surface area contributed by atoms with Gasteiger partial charge < -0.3 is 15.3 Å². The lowest BCUT2D eigenvalue weighted by molar-refractivity contribution is -0.192. The van der Waals surface area contributed by atoms with E-state index in [-0.39, 0.29) is 5.91 Å². The van der Waals surface area contributed by atoms with Crippen molar-refractivity contribution in [3.05, 3.63) is 18.2 Å². The van der Waals surface area contributed by atoms with Gasteiger partial charge in [-0.05, 0) is 30.4 Å². The number of aryl methyl sites for hydroxylation is 1. The van der Waals surface area contributed by atoms with Gasteiger partial charge in [-0.2, -0.15) is 18.3 Å². The van der Waals surface area contributed by atoms with E-state index in [0.29, 0.717) is 24.2 Å². The average Bonchev–Trinajstić information content (AvgIpc) is 3.09. The predicted molar refractivity (Wildman–Crippen MR) is 117 cm³/mol. The molecule has 5 rings (SSSR count). The Labute approximate surface area is 192 Å². The van der Waals surface area contributed by atoms with Crippen molar-refractivity contribution in [2.24, 2.45) is 12.5 Å². The van der Waals surface area contributed by atoms with Crippen LogP contribution < -0.4 is 20.4 Å². The predicted octanol–water partition coefficient (Wildman–Crippen LogP) is 1.84. The molecular weight excluding hydrogens is 457 g/mol. The molecule has 0 atom stereocenters. The summed E-state index contributed by atoms with van der Waals surface area (Å²) in [6.45, 7) is 4.73. The number of alkyl halides is 3. The van der Waals surface area contributed by atoms with Crippen molar-refractivity contribution in [1.82, 2.24) is 20.4 Å². The van der Waals surface area contributed by atoms with E-state index < -0.39 is 18.2 Å². The third kappa shape index (κ3) is 4.52. The average molecular weight is 482 g/mol. The number of anilines is 2. The van der Waals surface area contributed by atoms with Gasteiger partial charge in [0.25, 0.3) is 0 Å². The number of para-hydroxylation sites is 1. The van der Waals surface area contributed by atoms with E-state index in [1.165, 1.54) is 18.5 Å². The maximum Gasteiger partial charge on any atom is 0.490 e. The van der Waals surface area contributed by atoms with Gasteiger partial charge >= 0.3 is 18.2 Å². The number of carboxylic acids is 1. The monoisotopic (exact) mass is 482 g/mol. The Kier molecular flexibility index (Phi) is 6.14. The second-order valence-electron chi connectivity index (χ2n) is 8.77. The fraction of sp³-hybridized carbons (Fsp3) is 0.524. The number of carbonyl (C=O) groups is 3. The van der Waals surface area contributed by atoms with Crippen LogP contribution in [0.4, 0.5) is 29.5 Å². The number of halogens is 3. The molecule has 0 unspecified atom stereocenters. The first kappa shape index (κ1) is 23.8. The third-order valence-corrected chi connectivity index (χ3v) is 6.54. The zero-order valence-corrected chi connectivity index (χ0v) is 18.5. The number of aliphatic carboxylic acids is 1. The van der Waals surface area contributed by atoms with E-state index in [1.54, 1.807) is 4.90 Å². The molecule has 0 aliphatic carbocycles. The minimum absolute atomic E-state index is 0.232. The lowest BCUT2D eigenvalue weighted by atomic mass is 9.73. The molecule has 0 bridgehead atoms. The Bertz CT molecular complexity index is 1120. The summed E-state index contributed by atoms with van der Waals surface area (Å²) >= 11 is 0. The maximum absolute atomic E-state index is 12.3. The van der Waals surface area contributed by atoms with Crippen LogP contribution in [0.25, 0.3) is 10.9 Å². The molecule has 184 valence electrons. The summed E-state index contributed by atoms with van der Waals surface area (Å²) in [6, 6.07) is 5.79. The van der Waals surface area contributed by atoms with E-state index in [9.17, 15) is 22.8 Å². The summed E-state index contributed by atoms with van der Waals surface area (Å²) < 4.78 is 33.6. The molecule has 3 aliphatic rings. The third-order valence-electron chi connectivity index (χ3n) is 6.54. The summed E-state index contributed by atoms with van der Waals surface area (Å²) in [5.41, 5.74) is 2.71. The zero-order chi connectivity index (χ0) is 24.7. The van der Waals surface area contributed by atoms with E-state index in [4.69, 9.17) is 9.90 Å². The standard InChI is InChI=1S/C19H24N6O2.C2HF3O2/c1-23-16-13(17(22-23)25-8-5-15(26)21-18(25)27)3-2-4-14(16)24-9-6-19(7-10-24)11-20-12-19;3-2(4,5)1(6)7/h2-4,20H,5-12H2,1H3,(H,21,26,27);(H,6,7). The molecule has 3 N–H and O–H groups in total. The fourth-order valence-electron chi connectivity index (χ4n) is 4.57. The van der Waals surface area contributed by atoms with Crippen LogP contribution in [0.1, 0.15) is 19.3 Å². The van der Waals surface area contributed by atoms with Crippen LogP contribution in [-0.2, 0) is 16.6 Å². The fourth-order valence-corrected chi connectivity index (χ4v) is 4.57. The van der Waals surface area contributed by atoms with E-state index in [0.717, 1.165) is 37.1 Å². The second kappa shape index (κ2) is 8.78. The molecule has 1 aromatic heterocycles. The molecule has 0 saturated carbocycles. The maximum atomic E-state index is 12.3. The molecule has 2 aromatic rings. The molecule has 13 heteroatoms. The normalized spacial score (nSPS) is 20.0. The lowest BCUT2D eigenvalue weighted by Gasteiger charge is -2.49. The van der Waals surface area contributed by atoms with Gasteiger partial charge in [0.05, 0.1) is 11.2 Å². The van der Waals surface area contributed by atoms with Crippen LogP contribution in [0, 0.1) is 5.41 Å². The van der Waals surface area contributed by atoms with Crippen molar-refractivity contribution in [3.63, 3.8) is 0 Å². The van der Waals surface area contributed by atoms with Crippen molar-refractivity contribution in [1.29, 1.82) is 0 Å². The van der Waals surface area contributed by atoms with E-state index in [1.807, 2.05) is 23.9 Å². The van der Waals surface area contributed by atoms with Gasteiger partial charge in [0.1, 0.15) is 0 Å². The first-order chi connectivity index (χ1) is 16.0. The molecule has 1 aromatic carbocycles. The van der Waals surface area contributed by atoms with Crippen LogP contribution in [0.2, 0.25) is 0 Å².